The average Bonchev–Trinajstić information content (AvgIpc) is 3.37. The fourth-order valence-electron chi connectivity index (χ4n) is 3.90. The summed E-state index contributed by atoms with van der Waals surface area (Å²) in [5, 5.41) is 2.98. The number of nitrogens with zero attached hydrogens (tertiary/aromatic N) is 1. The van der Waals surface area contributed by atoms with Gasteiger partial charge in [0.1, 0.15) is 0 Å². The molecule has 9 heteroatoms. The summed E-state index contributed by atoms with van der Waals surface area (Å²) < 4.78 is 33.3. The molecule has 178 valence electrons. The van der Waals surface area contributed by atoms with E-state index >= 15 is 0 Å². The van der Waals surface area contributed by atoms with Gasteiger partial charge < -0.3 is 14.6 Å². The third-order valence-electron chi connectivity index (χ3n) is 6.13. The number of hydrogen-bond acceptors (Lipinski definition) is 5. The van der Waals surface area contributed by atoms with Crippen molar-refractivity contribution in [1.82, 2.24) is 10.2 Å². The number of rotatable bonds is 6. The molecular weight excluding hydrogens is 454 g/mol. The molecule has 1 fully saturated rings. The molecule has 2 N–H and O–H groups in total. The van der Waals surface area contributed by atoms with Gasteiger partial charge in [-0.2, -0.15) is 0 Å². The Bertz CT molecular complexity index is 1280. The van der Waals surface area contributed by atoms with Gasteiger partial charge in [-0.15, -0.1) is 0 Å². The summed E-state index contributed by atoms with van der Waals surface area (Å²) in [6.07, 6.45) is 2.73. The van der Waals surface area contributed by atoms with Gasteiger partial charge in [-0.05, 0) is 80.3 Å². The van der Waals surface area contributed by atoms with Crippen molar-refractivity contribution in [2.45, 2.75) is 37.6 Å². The molecule has 0 saturated carbocycles. The number of sulfonamides is 1. The monoisotopic (exact) mass is 481 g/mol. The highest BCUT2D eigenvalue weighted by Crippen LogP contribution is 2.22. The summed E-state index contributed by atoms with van der Waals surface area (Å²) >= 11 is 0. The van der Waals surface area contributed by atoms with Crippen molar-refractivity contribution in [2.75, 3.05) is 17.8 Å². The molecule has 0 aliphatic carbocycles. The third kappa shape index (κ3) is 5.14. The highest BCUT2D eigenvalue weighted by molar-refractivity contribution is 7.92. The molecule has 2 aromatic carbocycles. The largest absolute Gasteiger partial charge is 0.459 e. The average molecular weight is 482 g/mol. The molecule has 0 bridgehead atoms. The SMILES string of the molecule is Cc1cccc(NS(=O)(=O)c2ccc(C(=O)NC3CCN(C(=O)c4ccco4)CC3)cc2)c1C. The molecule has 1 aliphatic heterocycles. The third-order valence-corrected chi connectivity index (χ3v) is 7.51. The van der Waals surface area contributed by atoms with Crippen molar-refractivity contribution in [3.63, 3.8) is 0 Å². The van der Waals surface area contributed by atoms with E-state index in [0.29, 0.717) is 42.9 Å². The normalized spacial score (nSPS) is 14.6. The zero-order valence-electron chi connectivity index (χ0n) is 19.1. The molecular formula is C25H27N3O5S. The minimum absolute atomic E-state index is 0.0671. The van der Waals surface area contributed by atoms with Gasteiger partial charge in [0, 0.05) is 24.7 Å². The van der Waals surface area contributed by atoms with Crippen molar-refractivity contribution >= 4 is 27.5 Å². The molecule has 3 aromatic rings. The van der Waals surface area contributed by atoms with Crippen LogP contribution in [0.1, 0.15) is 44.9 Å². The molecule has 0 atom stereocenters. The van der Waals surface area contributed by atoms with Gasteiger partial charge in [-0.25, -0.2) is 8.42 Å². The lowest BCUT2D eigenvalue weighted by molar-refractivity contribution is 0.0667. The lowest BCUT2D eigenvalue weighted by Crippen LogP contribution is -2.46. The zero-order chi connectivity index (χ0) is 24.3. The van der Waals surface area contributed by atoms with E-state index in [1.165, 1.54) is 30.5 Å². The van der Waals surface area contributed by atoms with E-state index in [9.17, 15) is 18.0 Å². The first-order chi connectivity index (χ1) is 16.2. The highest BCUT2D eigenvalue weighted by Gasteiger charge is 2.26. The number of nitrogens with one attached hydrogen (secondary N) is 2. The lowest BCUT2D eigenvalue weighted by Gasteiger charge is -2.31. The Morgan fingerprint density at radius 2 is 1.68 bits per heavy atom. The molecule has 1 saturated heterocycles. The minimum atomic E-state index is -3.78. The van der Waals surface area contributed by atoms with Gasteiger partial charge in [0.25, 0.3) is 21.8 Å². The smallest absolute Gasteiger partial charge is 0.289 e. The van der Waals surface area contributed by atoms with Gasteiger partial charge in [0.2, 0.25) is 0 Å². The van der Waals surface area contributed by atoms with Crippen LogP contribution in [0.3, 0.4) is 0 Å². The first-order valence-corrected chi connectivity index (χ1v) is 12.6. The van der Waals surface area contributed by atoms with Crippen molar-refractivity contribution in [2.24, 2.45) is 0 Å². The number of furan rings is 1. The Morgan fingerprint density at radius 1 is 0.971 bits per heavy atom. The van der Waals surface area contributed by atoms with E-state index in [1.54, 1.807) is 29.2 Å². The van der Waals surface area contributed by atoms with Gasteiger partial charge in [0.15, 0.2) is 5.76 Å². The number of carbonyl (C=O) groups is 2. The van der Waals surface area contributed by atoms with Crippen LogP contribution in [0.2, 0.25) is 0 Å². The fourth-order valence-corrected chi connectivity index (χ4v) is 5.03. The van der Waals surface area contributed by atoms with Crippen LogP contribution in [0.25, 0.3) is 0 Å². The second-order valence-electron chi connectivity index (χ2n) is 8.39. The van der Waals surface area contributed by atoms with Crippen LogP contribution in [-0.2, 0) is 10.0 Å². The first-order valence-electron chi connectivity index (χ1n) is 11.1. The van der Waals surface area contributed by atoms with Crippen LogP contribution in [0, 0.1) is 13.8 Å². The molecule has 2 heterocycles. The Morgan fingerprint density at radius 3 is 2.32 bits per heavy atom. The number of anilines is 1. The molecule has 2 amide bonds. The van der Waals surface area contributed by atoms with Crippen LogP contribution >= 0.6 is 0 Å². The number of carbonyl (C=O) groups excluding carboxylic acids is 2. The quantitative estimate of drug-likeness (QED) is 0.558. The van der Waals surface area contributed by atoms with Crippen molar-refractivity contribution in [1.29, 1.82) is 0 Å². The van der Waals surface area contributed by atoms with Crippen LogP contribution in [0.15, 0.2) is 70.2 Å². The zero-order valence-corrected chi connectivity index (χ0v) is 19.9. The summed E-state index contributed by atoms with van der Waals surface area (Å²) in [5.41, 5.74) is 2.75. The minimum Gasteiger partial charge on any atom is -0.459 e. The number of hydrogen-bond donors (Lipinski definition) is 2. The van der Waals surface area contributed by atoms with Crippen molar-refractivity contribution in [3.05, 3.63) is 83.3 Å². The number of aryl methyl sites for hydroxylation is 1. The topological polar surface area (TPSA) is 109 Å². The number of benzene rings is 2. The van der Waals surface area contributed by atoms with Crippen LogP contribution in [-0.4, -0.2) is 44.3 Å². The lowest BCUT2D eigenvalue weighted by atomic mass is 10.0. The molecule has 0 radical (unpaired) electrons. The molecule has 4 rings (SSSR count). The molecule has 1 aromatic heterocycles. The number of amides is 2. The van der Waals surface area contributed by atoms with Gasteiger partial charge in [0.05, 0.1) is 16.8 Å². The molecule has 1 aliphatic rings. The second kappa shape index (κ2) is 9.72. The van der Waals surface area contributed by atoms with Gasteiger partial charge >= 0.3 is 0 Å². The van der Waals surface area contributed by atoms with E-state index in [0.717, 1.165) is 11.1 Å². The van der Waals surface area contributed by atoms with Crippen LogP contribution in [0.4, 0.5) is 5.69 Å². The van der Waals surface area contributed by atoms with Gasteiger partial charge in [-0.1, -0.05) is 12.1 Å². The maximum atomic E-state index is 12.8. The Kier molecular flexibility index (Phi) is 6.74. The first kappa shape index (κ1) is 23.6. The van der Waals surface area contributed by atoms with E-state index in [4.69, 9.17) is 4.42 Å². The van der Waals surface area contributed by atoms with E-state index < -0.39 is 10.0 Å². The Balaban J connectivity index is 1.34. The van der Waals surface area contributed by atoms with Crippen molar-refractivity contribution < 1.29 is 22.4 Å². The molecule has 34 heavy (non-hydrogen) atoms. The summed E-state index contributed by atoms with van der Waals surface area (Å²) in [7, 11) is -3.78. The summed E-state index contributed by atoms with van der Waals surface area (Å²) in [6, 6.07) is 14.5. The van der Waals surface area contributed by atoms with E-state index in [1.807, 2.05) is 19.9 Å². The maximum Gasteiger partial charge on any atom is 0.289 e. The van der Waals surface area contributed by atoms with E-state index in [-0.39, 0.29) is 22.8 Å². The van der Waals surface area contributed by atoms with Crippen molar-refractivity contribution in [3.8, 4) is 0 Å². The maximum absolute atomic E-state index is 12.8. The molecule has 0 unspecified atom stereocenters. The van der Waals surface area contributed by atoms with E-state index in [2.05, 4.69) is 10.0 Å². The fraction of sp³-hybridized carbons (Fsp3) is 0.280. The van der Waals surface area contributed by atoms with Gasteiger partial charge in [-0.3, -0.25) is 14.3 Å². The Hall–Kier alpha value is -3.59. The highest BCUT2D eigenvalue weighted by atomic mass is 32.2. The van der Waals surface area contributed by atoms with Crippen LogP contribution in [0.5, 0.6) is 0 Å². The number of likely N-dealkylation sites (tertiary alicyclic amines) is 1. The summed E-state index contributed by atoms with van der Waals surface area (Å²) in [5.74, 6) is -0.118. The predicted octanol–water partition coefficient (Wildman–Crippen LogP) is 3.73. The number of piperidine rings is 1. The molecule has 8 nitrogen and oxygen atoms in total. The standard InChI is InChI=1S/C25H27N3O5S/c1-17-5-3-6-22(18(17)2)27-34(31,32)21-10-8-19(9-11-21)24(29)26-20-12-14-28(15-13-20)25(30)23-7-4-16-33-23/h3-11,16,20,27H,12-15H2,1-2H3,(H,26,29). The summed E-state index contributed by atoms with van der Waals surface area (Å²) in [6.45, 7) is 4.82. The molecule has 0 spiro atoms. The summed E-state index contributed by atoms with van der Waals surface area (Å²) in [4.78, 5) is 26.8. The second-order valence-corrected chi connectivity index (χ2v) is 10.1. The Labute approximate surface area is 199 Å². The van der Waals surface area contributed by atoms with Crippen LogP contribution < -0.4 is 10.0 Å². The predicted molar refractivity (Wildman–Crippen MR) is 128 cm³/mol.